The van der Waals surface area contributed by atoms with E-state index in [1.807, 2.05) is 6.92 Å². The van der Waals surface area contributed by atoms with Gasteiger partial charge in [0.05, 0.1) is 6.07 Å². The Balaban J connectivity index is 2.44. The molecule has 0 aliphatic rings. The number of nitro groups is 1. The van der Waals surface area contributed by atoms with Crippen molar-refractivity contribution in [3.05, 3.63) is 28.0 Å². The summed E-state index contributed by atoms with van der Waals surface area (Å²) in [6.45, 7) is 2.37. The molecule has 1 aromatic heterocycles. The van der Waals surface area contributed by atoms with Crippen LogP contribution in [0.15, 0.2) is 16.5 Å². The van der Waals surface area contributed by atoms with E-state index in [0.717, 1.165) is 12.5 Å². The molecule has 1 unspecified atom stereocenters. The zero-order valence-electron chi connectivity index (χ0n) is 9.31. The first-order chi connectivity index (χ1) is 8.04. The minimum Gasteiger partial charge on any atom is -0.395 e. The van der Waals surface area contributed by atoms with Gasteiger partial charge in [0.1, 0.15) is 4.92 Å². The van der Waals surface area contributed by atoms with Gasteiger partial charge < -0.3 is 9.73 Å². The van der Waals surface area contributed by atoms with Crippen LogP contribution in [0.2, 0.25) is 0 Å². The number of hydrogen-bond acceptors (Lipinski definition) is 4. The fraction of sp³-hybridized carbons (Fsp3) is 0.500. The molecule has 1 rings (SSSR count). The Bertz CT molecular complexity index is 405. The van der Waals surface area contributed by atoms with Crippen LogP contribution in [0.3, 0.4) is 0 Å². The molecule has 17 heavy (non-hydrogen) atoms. The van der Waals surface area contributed by atoms with E-state index in [1.165, 1.54) is 6.07 Å². The molecule has 6 nitrogen and oxygen atoms in total. The molecule has 7 heteroatoms. The van der Waals surface area contributed by atoms with Crippen molar-refractivity contribution in [2.45, 2.75) is 25.1 Å². The van der Waals surface area contributed by atoms with E-state index in [9.17, 15) is 14.9 Å². The van der Waals surface area contributed by atoms with Gasteiger partial charge in [-0.25, -0.2) is 0 Å². The van der Waals surface area contributed by atoms with Gasteiger partial charge in [-0.2, -0.15) is 0 Å². The number of carbonyl (C=O) groups excluding carboxylic acids is 1. The minimum atomic E-state index is -0.692. The van der Waals surface area contributed by atoms with Gasteiger partial charge in [-0.05, 0) is 18.9 Å². The number of carbonyl (C=O) groups is 1. The van der Waals surface area contributed by atoms with Crippen LogP contribution in [0, 0.1) is 10.1 Å². The molecule has 0 spiro atoms. The average molecular weight is 261 g/mol. The van der Waals surface area contributed by atoms with Crippen LogP contribution in [0.4, 0.5) is 5.88 Å². The molecular weight excluding hydrogens is 248 g/mol. The minimum absolute atomic E-state index is 0.0150. The quantitative estimate of drug-likeness (QED) is 0.483. The standard InChI is InChI=1S/C10H13ClN2O4/c1-2-7(11)5-6-12-10(14)8-3-4-9(17-8)13(15)16/h3-4,7H,2,5-6H2,1H3,(H,12,14). The second kappa shape index (κ2) is 6.24. The van der Waals surface area contributed by atoms with E-state index in [4.69, 9.17) is 16.0 Å². The van der Waals surface area contributed by atoms with E-state index < -0.39 is 16.7 Å². The van der Waals surface area contributed by atoms with Crippen LogP contribution in [-0.4, -0.2) is 22.8 Å². The molecule has 0 bridgehead atoms. The number of nitrogens with one attached hydrogen (secondary N) is 1. The monoisotopic (exact) mass is 260 g/mol. The maximum Gasteiger partial charge on any atom is 0.433 e. The summed E-state index contributed by atoms with van der Waals surface area (Å²) in [4.78, 5) is 21.1. The second-order valence-corrected chi connectivity index (χ2v) is 4.06. The van der Waals surface area contributed by atoms with Crippen LogP contribution in [0.1, 0.15) is 30.3 Å². The van der Waals surface area contributed by atoms with Crippen molar-refractivity contribution in [1.29, 1.82) is 0 Å². The number of alkyl halides is 1. The summed E-state index contributed by atoms with van der Waals surface area (Å²) < 4.78 is 4.75. The van der Waals surface area contributed by atoms with Crippen molar-refractivity contribution < 1.29 is 14.1 Å². The molecule has 0 fully saturated rings. The lowest BCUT2D eigenvalue weighted by molar-refractivity contribution is -0.402. The second-order valence-electron chi connectivity index (χ2n) is 3.45. The third-order valence-corrected chi connectivity index (χ3v) is 2.71. The maximum absolute atomic E-state index is 11.5. The lowest BCUT2D eigenvalue weighted by Gasteiger charge is -2.06. The highest BCUT2D eigenvalue weighted by atomic mass is 35.5. The molecule has 0 saturated carbocycles. The van der Waals surface area contributed by atoms with Crippen molar-refractivity contribution in [3.63, 3.8) is 0 Å². The first kappa shape index (κ1) is 13.5. The lowest BCUT2D eigenvalue weighted by Crippen LogP contribution is -2.25. The van der Waals surface area contributed by atoms with Crippen LogP contribution >= 0.6 is 11.6 Å². The first-order valence-electron chi connectivity index (χ1n) is 5.21. The van der Waals surface area contributed by atoms with Crippen molar-refractivity contribution in [2.24, 2.45) is 0 Å². The Hall–Kier alpha value is -1.56. The Morgan fingerprint density at radius 2 is 2.35 bits per heavy atom. The number of nitrogens with zero attached hydrogens (tertiary/aromatic N) is 1. The van der Waals surface area contributed by atoms with Gasteiger partial charge in [-0.3, -0.25) is 14.9 Å². The fourth-order valence-corrected chi connectivity index (χ4v) is 1.29. The zero-order valence-corrected chi connectivity index (χ0v) is 10.1. The largest absolute Gasteiger partial charge is 0.433 e. The molecule has 94 valence electrons. The SMILES string of the molecule is CCC(Cl)CCNC(=O)c1ccc([N+](=O)[O-])o1. The number of halogens is 1. The summed E-state index contributed by atoms with van der Waals surface area (Å²) in [6, 6.07) is 2.41. The fourth-order valence-electron chi connectivity index (χ4n) is 1.18. The zero-order chi connectivity index (χ0) is 12.8. The van der Waals surface area contributed by atoms with Crippen molar-refractivity contribution >= 4 is 23.4 Å². The Morgan fingerprint density at radius 3 is 2.88 bits per heavy atom. The molecule has 1 aromatic rings. The summed E-state index contributed by atoms with van der Waals surface area (Å²) in [5.74, 6) is -0.990. The maximum atomic E-state index is 11.5. The third-order valence-electron chi connectivity index (χ3n) is 2.18. The molecule has 0 saturated heterocycles. The van der Waals surface area contributed by atoms with E-state index in [2.05, 4.69) is 5.32 Å². The number of rotatable bonds is 6. The first-order valence-corrected chi connectivity index (χ1v) is 5.64. The van der Waals surface area contributed by atoms with Gasteiger partial charge in [-0.1, -0.05) is 6.92 Å². The summed E-state index contributed by atoms with van der Waals surface area (Å²) >= 11 is 5.88. The van der Waals surface area contributed by atoms with Gasteiger partial charge in [0.2, 0.25) is 0 Å². The van der Waals surface area contributed by atoms with Gasteiger partial charge in [0, 0.05) is 11.9 Å². The van der Waals surface area contributed by atoms with Crippen LogP contribution in [0.25, 0.3) is 0 Å². The van der Waals surface area contributed by atoms with E-state index in [1.54, 1.807) is 0 Å². The number of hydrogen-bond donors (Lipinski definition) is 1. The van der Waals surface area contributed by atoms with E-state index in [0.29, 0.717) is 13.0 Å². The summed E-state index contributed by atoms with van der Waals surface area (Å²) in [5.41, 5.74) is 0. The molecule has 0 aliphatic heterocycles. The van der Waals surface area contributed by atoms with Crippen molar-refractivity contribution in [2.75, 3.05) is 6.54 Å². The predicted octanol–water partition coefficient (Wildman–Crippen LogP) is 2.33. The normalized spacial score (nSPS) is 12.1. The van der Waals surface area contributed by atoms with Crippen molar-refractivity contribution in [1.82, 2.24) is 5.32 Å². The van der Waals surface area contributed by atoms with Crippen LogP contribution in [0.5, 0.6) is 0 Å². The summed E-state index contributed by atoms with van der Waals surface area (Å²) in [7, 11) is 0. The highest BCUT2D eigenvalue weighted by molar-refractivity contribution is 6.20. The highest BCUT2D eigenvalue weighted by Gasteiger charge is 2.16. The number of furan rings is 1. The molecular formula is C10H13ClN2O4. The van der Waals surface area contributed by atoms with E-state index in [-0.39, 0.29) is 11.1 Å². The molecule has 0 aromatic carbocycles. The molecule has 0 radical (unpaired) electrons. The molecule has 0 aliphatic carbocycles. The average Bonchev–Trinajstić information content (AvgIpc) is 2.78. The predicted molar refractivity (Wildman–Crippen MR) is 62.2 cm³/mol. The molecule has 1 atom stereocenters. The Morgan fingerprint density at radius 1 is 1.65 bits per heavy atom. The molecule has 1 amide bonds. The van der Waals surface area contributed by atoms with E-state index >= 15 is 0 Å². The topological polar surface area (TPSA) is 85.4 Å². The summed E-state index contributed by atoms with van der Waals surface area (Å²) in [5, 5.41) is 12.9. The van der Waals surface area contributed by atoms with Gasteiger partial charge in [-0.15, -0.1) is 11.6 Å². The molecule has 1 heterocycles. The smallest absolute Gasteiger partial charge is 0.395 e. The lowest BCUT2D eigenvalue weighted by atomic mass is 10.2. The Kier molecular flexibility index (Phi) is 4.96. The van der Waals surface area contributed by atoms with Gasteiger partial charge in [0.15, 0.2) is 5.76 Å². The number of amides is 1. The van der Waals surface area contributed by atoms with Gasteiger partial charge in [0.25, 0.3) is 5.91 Å². The van der Waals surface area contributed by atoms with Crippen LogP contribution in [-0.2, 0) is 0 Å². The summed E-state index contributed by atoms with van der Waals surface area (Å²) in [6.07, 6.45) is 1.47. The van der Waals surface area contributed by atoms with Gasteiger partial charge >= 0.3 is 5.88 Å². The van der Waals surface area contributed by atoms with Crippen molar-refractivity contribution in [3.8, 4) is 0 Å². The van der Waals surface area contributed by atoms with Crippen LogP contribution < -0.4 is 5.32 Å². The molecule has 1 N–H and O–H groups in total. The third kappa shape index (κ3) is 4.07. The Labute approximate surface area is 103 Å². The highest BCUT2D eigenvalue weighted by Crippen LogP contribution is 2.15.